The largest absolute Gasteiger partial charge is 0.330 e. The van der Waals surface area contributed by atoms with Gasteiger partial charge in [-0.15, -0.1) is 0 Å². The standard InChI is InChI=1S/C12H21N3/c1-4-5-10-6-7-14-12(15-10)11(8-13)9(2)3/h6-7,9,11H,4-5,8,13H2,1-3H3. The van der Waals surface area contributed by atoms with E-state index in [9.17, 15) is 0 Å². The van der Waals surface area contributed by atoms with Crippen molar-refractivity contribution in [1.82, 2.24) is 9.97 Å². The van der Waals surface area contributed by atoms with Gasteiger partial charge in [0.05, 0.1) is 0 Å². The molecule has 0 aliphatic rings. The lowest BCUT2D eigenvalue weighted by Gasteiger charge is -2.17. The minimum absolute atomic E-state index is 0.279. The minimum Gasteiger partial charge on any atom is -0.330 e. The van der Waals surface area contributed by atoms with Crippen molar-refractivity contribution in [2.24, 2.45) is 11.7 Å². The van der Waals surface area contributed by atoms with Gasteiger partial charge in [0.25, 0.3) is 0 Å². The lowest BCUT2D eigenvalue weighted by atomic mass is 9.95. The maximum atomic E-state index is 5.75. The number of hydrogen-bond acceptors (Lipinski definition) is 3. The van der Waals surface area contributed by atoms with Gasteiger partial charge in [-0.3, -0.25) is 0 Å². The number of aryl methyl sites for hydroxylation is 1. The number of hydrogen-bond donors (Lipinski definition) is 1. The molecule has 1 rings (SSSR count). The van der Waals surface area contributed by atoms with Gasteiger partial charge in [0.15, 0.2) is 0 Å². The van der Waals surface area contributed by atoms with E-state index in [2.05, 4.69) is 30.7 Å². The van der Waals surface area contributed by atoms with Gasteiger partial charge in [-0.05, 0) is 18.4 Å². The molecule has 0 saturated heterocycles. The minimum atomic E-state index is 0.279. The summed E-state index contributed by atoms with van der Waals surface area (Å²) >= 11 is 0. The molecule has 0 saturated carbocycles. The monoisotopic (exact) mass is 207 g/mol. The Morgan fingerprint density at radius 3 is 2.67 bits per heavy atom. The van der Waals surface area contributed by atoms with E-state index in [0.717, 1.165) is 24.4 Å². The predicted molar refractivity (Wildman–Crippen MR) is 62.7 cm³/mol. The highest BCUT2D eigenvalue weighted by atomic mass is 14.9. The van der Waals surface area contributed by atoms with Crippen LogP contribution in [-0.2, 0) is 6.42 Å². The Morgan fingerprint density at radius 1 is 1.40 bits per heavy atom. The summed E-state index contributed by atoms with van der Waals surface area (Å²) in [5.74, 6) is 1.67. The van der Waals surface area contributed by atoms with Crippen molar-refractivity contribution in [3.05, 3.63) is 23.8 Å². The van der Waals surface area contributed by atoms with Crippen molar-refractivity contribution >= 4 is 0 Å². The van der Waals surface area contributed by atoms with Crippen molar-refractivity contribution in [2.45, 2.75) is 39.5 Å². The van der Waals surface area contributed by atoms with Gasteiger partial charge in [0, 0.05) is 24.4 Å². The second-order valence-corrected chi connectivity index (χ2v) is 4.24. The zero-order valence-electron chi connectivity index (χ0n) is 9.90. The quantitative estimate of drug-likeness (QED) is 0.804. The third kappa shape index (κ3) is 3.27. The van der Waals surface area contributed by atoms with Crippen LogP contribution in [0.5, 0.6) is 0 Å². The number of rotatable bonds is 5. The van der Waals surface area contributed by atoms with E-state index in [4.69, 9.17) is 5.73 Å². The Bertz CT molecular complexity index is 297. The van der Waals surface area contributed by atoms with Crippen LogP contribution >= 0.6 is 0 Å². The predicted octanol–water partition coefficient (Wildman–Crippen LogP) is 2.13. The molecule has 0 aromatic carbocycles. The third-order valence-corrected chi connectivity index (χ3v) is 2.63. The second-order valence-electron chi connectivity index (χ2n) is 4.24. The van der Waals surface area contributed by atoms with Gasteiger partial charge in [0.2, 0.25) is 0 Å². The summed E-state index contributed by atoms with van der Waals surface area (Å²) in [5, 5.41) is 0. The average Bonchev–Trinajstić information content (AvgIpc) is 2.19. The van der Waals surface area contributed by atoms with Crippen molar-refractivity contribution in [2.75, 3.05) is 6.54 Å². The molecule has 1 aromatic rings. The average molecular weight is 207 g/mol. The highest BCUT2D eigenvalue weighted by Gasteiger charge is 2.16. The fourth-order valence-corrected chi connectivity index (χ4v) is 1.66. The summed E-state index contributed by atoms with van der Waals surface area (Å²) in [7, 11) is 0. The fraction of sp³-hybridized carbons (Fsp3) is 0.667. The normalized spacial score (nSPS) is 13.1. The molecule has 3 heteroatoms. The lowest BCUT2D eigenvalue weighted by Crippen LogP contribution is -2.20. The number of nitrogens with zero attached hydrogens (tertiary/aromatic N) is 2. The molecule has 0 fully saturated rings. The molecule has 1 atom stereocenters. The summed E-state index contributed by atoms with van der Waals surface area (Å²) in [6.45, 7) is 7.10. The van der Waals surface area contributed by atoms with Crippen molar-refractivity contribution in [3.63, 3.8) is 0 Å². The van der Waals surface area contributed by atoms with E-state index in [-0.39, 0.29) is 5.92 Å². The van der Waals surface area contributed by atoms with Crippen molar-refractivity contribution in [3.8, 4) is 0 Å². The van der Waals surface area contributed by atoms with E-state index in [1.807, 2.05) is 12.3 Å². The van der Waals surface area contributed by atoms with Crippen LogP contribution < -0.4 is 5.73 Å². The highest BCUT2D eigenvalue weighted by molar-refractivity contribution is 5.07. The maximum Gasteiger partial charge on any atom is 0.133 e. The SMILES string of the molecule is CCCc1ccnc(C(CN)C(C)C)n1. The van der Waals surface area contributed by atoms with Crippen LogP contribution in [0.4, 0.5) is 0 Å². The molecule has 0 radical (unpaired) electrons. The first-order chi connectivity index (χ1) is 7.19. The van der Waals surface area contributed by atoms with E-state index in [1.54, 1.807) is 0 Å². The molecule has 0 spiro atoms. The molecule has 1 aromatic heterocycles. The molecule has 0 bridgehead atoms. The van der Waals surface area contributed by atoms with Gasteiger partial charge in [-0.25, -0.2) is 9.97 Å². The summed E-state index contributed by atoms with van der Waals surface area (Å²) in [4.78, 5) is 8.89. The summed E-state index contributed by atoms with van der Waals surface area (Å²) in [6, 6.07) is 1.99. The number of aromatic nitrogens is 2. The van der Waals surface area contributed by atoms with Crippen LogP contribution in [0.3, 0.4) is 0 Å². The molecule has 0 aliphatic carbocycles. The molecule has 15 heavy (non-hydrogen) atoms. The molecule has 0 amide bonds. The van der Waals surface area contributed by atoms with Gasteiger partial charge in [0.1, 0.15) is 5.82 Å². The molecule has 1 heterocycles. The van der Waals surface area contributed by atoms with Crippen molar-refractivity contribution in [1.29, 1.82) is 0 Å². The summed E-state index contributed by atoms with van der Waals surface area (Å²) in [5.41, 5.74) is 6.88. The van der Waals surface area contributed by atoms with Crippen LogP contribution in [0, 0.1) is 5.92 Å². The van der Waals surface area contributed by atoms with E-state index >= 15 is 0 Å². The first-order valence-corrected chi connectivity index (χ1v) is 5.70. The lowest BCUT2D eigenvalue weighted by molar-refractivity contribution is 0.481. The van der Waals surface area contributed by atoms with E-state index < -0.39 is 0 Å². The highest BCUT2D eigenvalue weighted by Crippen LogP contribution is 2.19. The van der Waals surface area contributed by atoms with Gasteiger partial charge < -0.3 is 5.73 Å². The van der Waals surface area contributed by atoms with Crippen LogP contribution in [-0.4, -0.2) is 16.5 Å². The maximum absolute atomic E-state index is 5.75. The van der Waals surface area contributed by atoms with Gasteiger partial charge in [-0.1, -0.05) is 27.2 Å². The molecular weight excluding hydrogens is 186 g/mol. The topological polar surface area (TPSA) is 51.8 Å². The van der Waals surface area contributed by atoms with Gasteiger partial charge in [-0.2, -0.15) is 0 Å². The molecule has 84 valence electrons. The summed E-state index contributed by atoms with van der Waals surface area (Å²) < 4.78 is 0. The zero-order valence-corrected chi connectivity index (χ0v) is 9.90. The Balaban J connectivity index is 2.87. The van der Waals surface area contributed by atoms with Gasteiger partial charge >= 0.3 is 0 Å². The third-order valence-electron chi connectivity index (χ3n) is 2.63. The molecule has 1 unspecified atom stereocenters. The number of nitrogens with two attached hydrogens (primary N) is 1. The first kappa shape index (κ1) is 12.1. The molecule has 3 nitrogen and oxygen atoms in total. The smallest absolute Gasteiger partial charge is 0.133 e. The first-order valence-electron chi connectivity index (χ1n) is 5.70. The van der Waals surface area contributed by atoms with Crippen LogP contribution in [0.15, 0.2) is 12.3 Å². The fourth-order valence-electron chi connectivity index (χ4n) is 1.66. The van der Waals surface area contributed by atoms with Crippen LogP contribution in [0.2, 0.25) is 0 Å². The zero-order chi connectivity index (χ0) is 11.3. The Morgan fingerprint density at radius 2 is 2.13 bits per heavy atom. The van der Waals surface area contributed by atoms with Crippen LogP contribution in [0.1, 0.15) is 44.6 Å². The van der Waals surface area contributed by atoms with E-state index in [1.165, 1.54) is 0 Å². The Kier molecular flexibility index (Phi) is 4.69. The second kappa shape index (κ2) is 5.81. The van der Waals surface area contributed by atoms with Crippen LogP contribution in [0.25, 0.3) is 0 Å². The van der Waals surface area contributed by atoms with Crippen molar-refractivity contribution < 1.29 is 0 Å². The molecule has 0 aliphatic heterocycles. The molecular formula is C12H21N3. The van der Waals surface area contributed by atoms with E-state index in [0.29, 0.717) is 12.5 Å². The summed E-state index contributed by atoms with van der Waals surface area (Å²) in [6.07, 6.45) is 3.98. The Hall–Kier alpha value is -0.960. The Labute approximate surface area is 92.1 Å². The molecule has 2 N–H and O–H groups in total.